The minimum Gasteiger partial charge on any atom is -0.434 e. The molecule has 0 atom stereocenters. The molecule has 0 bridgehead atoms. The SMILES string of the molecule is FC(F)Oc1c[c]ccc1Br. The summed E-state index contributed by atoms with van der Waals surface area (Å²) in [4.78, 5) is 0. The van der Waals surface area contributed by atoms with Crippen molar-refractivity contribution in [3.8, 4) is 5.75 Å². The Morgan fingerprint density at radius 1 is 1.55 bits per heavy atom. The van der Waals surface area contributed by atoms with Crippen LogP contribution < -0.4 is 4.74 Å². The predicted octanol–water partition coefficient (Wildman–Crippen LogP) is 2.85. The zero-order chi connectivity index (χ0) is 8.27. The molecule has 0 aliphatic heterocycles. The van der Waals surface area contributed by atoms with Crippen molar-refractivity contribution in [3.63, 3.8) is 0 Å². The van der Waals surface area contributed by atoms with Crippen LogP contribution in [0.3, 0.4) is 0 Å². The Bertz CT molecular complexity index is 240. The van der Waals surface area contributed by atoms with Crippen LogP contribution in [0.5, 0.6) is 5.75 Å². The fourth-order valence-corrected chi connectivity index (χ4v) is 0.923. The summed E-state index contributed by atoms with van der Waals surface area (Å²) < 4.78 is 27.9. The van der Waals surface area contributed by atoms with Crippen LogP contribution in [0.15, 0.2) is 22.7 Å². The summed E-state index contributed by atoms with van der Waals surface area (Å²) in [7, 11) is 0. The zero-order valence-electron chi connectivity index (χ0n) is 5.35. The Morgan fingerprint density at radius 3 is 2.82 bits per heavy atom. The summed E-state index contributed by atoms with van der Waals surface area (Å²) in [5.41, 5.74) is 0. The molecule has 0 aliphatic carbocycles. The van der Waals surface area contributed by atoms with Crippen LogP contribution in [0.1, 0.15) is 0 Å². The Hall–Kier alpha value is -0.640. The first-order valence-electron chi connectivity index (χ1n) is 2.80. The number of hydrogen-bond donors (Lipinski definition) is 0. The lowest BCUT2D eigenvalue weighted by molar-refractivity contribution is -0.0503. The van der Waals surface area contributed by atoms with E-state index < -0.39 is 6.61 Å². The van der Waals surface area contributed by atoms with Gasteiger partial charge in [-0.15, -0.1) is 0 Å². The van der Waals surface area contributed by atoms with Gasteiger partial charge in [0.1, 0.15) is 5.75 Å². The number of benzene rings is 1. The summed E-state index contributed by atoms with van der Waals surface area (Å²) >= 11 is 3.05. The molecular weight excluding hydrogens is 218 g/mol. The minimum absolute atomic E-state index is 0.0995. The second-order valence-electron chi connectivity index (χ2n) is 1.74. The molecule has 1 rings (SSSR count). The van der Waals surface area contributed by atoms with Gasteiger partial charge in [-0.25, -0.2) is 0 Å². The summed E-state index contributed by atoms with van der Waals surface area (Å²) in [6.07, 6.45) is 0. The van der Waals surface area contributed by atoms with Crippen molar-refractivity contribution in [1.82, 2.24) is 0 Å². The van der Waals surface area contributed by atoms with Crippen LogP contribution >= 0.6 is 15.9 Å². The lowest BCUT2D eigenvalue weighted by Gasteiger charge is -2.04. The second kappa shape index (κ2) is 3.67. The molecule has 0 aliphatic rings. The van der Waals surface area contributed by atoms with Gasteiger partial charge in [0.05, 0.1) is 4.47 Å². The van der Waals surface area contributed by atoms with Gasteiger partial charge in [-0.05, 0) is 34.1 Å². The molecule has 1 nitrogen and oxygen atoms in total. The highest BCUT2D eigenvalue weighted by molar-refractivity contribution is 9.10. The first-order chi connectivity index (χ1) is 5.20. The van der Waals surface area contributed by atoms with Crippen molar-refractivity contribution in [2.45, 2.75) is 6.61 Å². The minimum atomic E-state index is -2.79. The van der Waals surface area contributed by atoms with E-state index in [-0.39, 0.29) is 5.75 Å². The highest BCUT2D eigenvalue weighted by Crippen LogP contribution is 2.24. The standard InChI is InChI=1S/C7H4BrF2O/c8-5-3-1-2-4-6(5)11-7(9)10/h1,3-4,7H. The largest absolute Gasteiger partial charge is 0.434 e. The Morgan fingerprint density at radius 2 is 2.27 bits per heavy atom. The summed E-state index contributed by atoms with van der Waals surface area (Å²) in [6.45, 7) is -2.79. The fourth-order valence-electron chi connectivity index (χ4n) is 0.582. The molecule has 1 aromatic rings. The topological polar surface area (TPSA) is 9.23 Å². The number of alkyl halides is 2. The fraction of sp³-hybridized carbons (Fsp3) is 0.143. The van der Waals surface area contributed by atoms with Crippen LogP contribution in [0.25, 0.3) is 0 Å². The lowest BCUT2D eigenvalue weighted by Crippen LogP contribution is -2.01. The van der Waals surface area contributed by atoms with Crippen molar-refractivity contribution in [1.29, 1.82) is 0 Å². The van der Waals surface area contributed by atoms with Crippen LogP contribution in [-0.2, 0) is 0 Å². The third kappa shape index (κ3) is 2.46. The molecule has 0 amide bonds. The summed E-state index contributed by atoms with van der Waals surface area (Å²) in [5, 5.41) is 0. The number of halogens is 3. The van der Waals surface area contributed by atoms with Crippen molar-refractivity contribution < 1.29 is 13.5 Å². The van der Waals surface area contributed by atoms with Gasteiger partial charge < -0.3 is 4.74 Å². The molecule has 0 spiro atoms. The van der Waals surface area contributed by atoms with E-state index in [2.05, 4.69) is 26.7 Å². The van der Waals surface area contributed by atoms with E-state index in [1.807, 2.05) is 0 Å². The van der Waals surface area contributed by atoms with E-state index in [0.717, 1.165) is 0 Å². The summed E-state index contributed by atoms with van der Waals surface area (Å²) in [5.74, 6) is 0.0995. The van der Waals surface area contributed by atoms with E-state index >= 15 is 0 Å². The van der Waals surface area contributed by atoms with E-state index in [9.17, 15) is 8.78 Å². The molecule has 0 saturated heterocycles. The Labute approximate surface area is 71.1 Å². The van der Waals surface area contributed by atoms with E-state index in [4.69, 9.17) is 0 Å². The molecule has 0 saturated carbocycles. The Balaban J connectivity index is 2.78. The molecule has 11 heavy (non-hydrogen) atoms. The molecule has 0 N–H and O–H groups in total. The highest BCUT2D eigenvalue weighted by Gasteiger charge is 2.05. The molecule has 1 radical (unpaired) electrons. The molecule has 59 valence electrons. The van der Waals surface area contributed by atoms with Crippen LogP contribution in [0, 0.1) is 6.07 Å². The van der Waals surface area contributed by atoms with Gasteiger partial charge in [0.25, 0.3) is 0 Å². The average Bonchev–Trinajstić information content (AvgIpc) is 1.93. The lowest BCUT2D eigenvalue weighted by atomic mass is 10.3. The van der Waals surface area contributed by atoms with Crippen LogP contribution in [-0.4, -0.2) is 6.61 Å². The van der Waals surface area contributed by atoms with Crippen molar-refractivity contribution in [3.05, 3.63) is 28.7 Å². The molecule has 0 fully saturated rings. The quantitative estimate of drug-likeness (QED) is 0.747. The maximum absolute atomic E-state index is 11.6. The third-order valence-corrected chi connectivity index (χ3v) is 1.65. The van der Waals surface area contributed by atoms with Crippen molar-refractivity contribution >= 4 is 15.9 Å². The number of ether oxygens (including phenoxy) is 1. The normalized spacial score (nSPS) is 10.2. The van der Waals surface area contributed by atoms with Crippen LogP contribution in [0.4, 0.5) is 8.78 Å². The van der Waals surface area contributed by atoms with Crippen molar-refractivity contribution in [2.24, 2.45) is 0 Å². The third-order valence-electron chi connectivity index (χ3n) is 0.992. The number of hydrogen-bond acceptors (Lipinski definition) is 1. The molecule has 0 aromatic heterocycles. The maximum Gasteiger partial charge on any atom is 0.387 e. The predicted molar refractivity (Wildman–Crippen MR) is 39.6 cm³/mol. The van der Waals surface area contributed by atoms with E-state index in [1.54, 1.807) is 12.1 Å². The number of rotatable bonds is 2. The van der Waals surface area contributed by atoms with Gasteiger partial charge in [-0.3, -0.25) is 0 Å². The smallest absolute Gasteiger partial charge is 0.387 e. The van der Waals surface area contributed by atoms with E-state index in [1.165, 1.54) is 6.07 Å². The molecular formula is C7H4BrF2O. The first-order valence-corrected chi connectivity index (χ1v) is 3.60. The molecule has 0 heterocycles. The molecule has 0 unspecified atom stereocenters. The monoisotopic (exact) mass is 221 g/mol. The highest BCUT2D eigenvalue weighted by atomic mass is 79.9. The Kier molecular flexibility index (Phi) is 2.82. The van der Waals surface area contributed by atoms with E-state index in [0.29, 0.717) is 4.47 Å². The first kappa shape index (κ1) is 8.46. The maximum atomic E-state index is 11.6. The van der Waals surface area contributed by atoms with Gasteiger partial charge in [0, 0.05) is 0 Å². The van der Waals surface area contributed by atoms with Crippen LogP contribution in [0.2, 0.25) is 0 Å². The molecule has 4 heteroatoms. The summed E-state index contributed by atoms with van der Waals surface area (Å²) in [6, 6.07) is 7.14. The van der Waals surface area contributed by atoms with Gasteiger partial charge in [-0.1, -0.05) is 6.07 Å². The van der Waals surface area contributed by atoms with Gasteiger partial charge >= 0.3 is 6.61 Å². The van der Waals surface area contributed by atoms with Gasteiger partial charge in [0.15, 0.2) is 0 Å². The second-order valence-corrected chi connectivity index (χ2v) is 2.59. The molecule has 1 aromatic carbocycles. The zero-order valence-corrected chi connectivity index (χ0v) is 6.94. The average molecular weight is 222 g/mol. The van der Waals surface area contributed by atoms with Crippen molar-refractivity contribution in [2.75, 3.05) is 0 Å². The van der Waals surface area contributed by atoms with Gasteiger partial charge in [-0.2, -0.15) is 8.78 Å². The van der Waals surface area contributed by atoms with Gasteiger partial charge in [0.2, 0.25) is 0 Å².